The second-order valence-electron chi connectivity index (χ2n) is 3.81. The van der Waals surface area contributed by atoms with E-state index in [1.54, 1.807) is 11.3 Å². The Bertz CT molecular complexity index is 312. The maximum absolute atomic E-state index is 4.28. The van der Waals surface area contributed by atoms with Gasteiger partial charge in [0.2, 0.25) is 0 Å². The number of halogens is 1. The number of nitrogens with one attached hydrogen (secondary N) is 1. The largest absolute Gasteiger partial charge is 0.352 e. The molecule has 17 heavy (non-hydrogen) atoms. The van der Waals surface area contributed by atoms with Crippen LogP contribution >= 0.6 is 35.3 Å². The highest BCUT2D eigenvalue weighted by Gasteiger charge is 2.04. The van der Waals surface area contributed by atoms with Crippen LogP contribution in [-0.4, -0.2) is 31.5 Å². The Kier molecular flexibility index (Phi) is 9.53. The monoisotopic (exact) mass is 367 g/mol. The third kappa shape index (κ3) is 6.26. The summed E-state index contributed by atoms with van der Waals surface area (Å²) in [6.07, 6.45) is 2.42. The molecule has 0 spiro atoms. The first-order valence-electron chi connectivity index (χ1n) is 5.70. The lowest BCUT2D eigenvalue weighted by molar-refractivity contribution is 0.464. The van der Waals surface area contributed by atoms with Crippen molar-refractivity contribution < 1.29 is 0 Å². The number of nitrogens with zero attached hydrogens (tertiary/aromatic N) is 2. The minimum Gasteiger partial charge on any atom is -0.352 e. The van der Waals surface area contributed by atoms with E-state index in [2.05, 4.69) is 46.0 Å². The molecule has 0 unspecified atom stereocenters. The molecule has 3 nitrogen and oxygen atoms in total. The van der Waals surface area contributed by atoms with E-state index in [9.17, 15) is 0 Å². The number of hydrogen-bond donors (Lipinski definition) is 1. The van der Waals surface area contributed by atoms with Crippen LogP contribution in [0.3, 0.4) is 0 Å². The first-order chi connectivity index (χ1) is 7.77. The molecule has 1 aromatic heterocycles. The van der Waals surface area contributed by atoms with Crippen molar-refractivity contribution in [2.75, 3.05) is 20.6 Å². The SMILES string of the molecule is CCCCN(C)C(=NC)NCc1ccsc1.I. The van der Waals surface area contributed by atoms with E-state index in [0.717, 1.165) is 19.0 Å². The van der Waals surface area contributed by atoms with Crippen LogP contribution in [-0.2, 0) is 6.54 Å². The molecule has 0 radical (unpaired) electrons. The Balaban J connectivity index is 0.00000256. The van der Waals surface area contributed by atoms with Crippen molar-refractivity contribution in [1.82, 2.24) is 10.2 Å². The van der Waals surface area contributed by atoms with Gasteiger partial charge in [-0.2, -0.15) is 11.3 Å². The summed E-state index contributed by atoms with van der Waals surface area (Å²) < 4.78 is 0. The molecule has 0 saturated heterocycles. The molecular weight excluding hydrogens is 345 g/mol. The summed E-state index contributed by atoms with van der Waals surface area (Å²) in [6, 6.07) is 2.14. The third-order valence-corrected chi connectivity index (χ3v) is 3.18. The Labute approximate surface area is 125 Å². The van der Waals surface area contributed by atoms with E-state index in [1.807, 2.05) is 7.05 Å². The zero-order valence-corrected chi connectivity index (χ0v) is 13.9. The Morgan fingerprint density at radius 1 is 1.53 bits per heavy atom. The summed E-state index contributed by atoms with van der Waals surface area (Å²) in [5.41, 5.74) is 1.31. The lowest BCUT2D eigenvalue weighted by Crippen LogP contribution is -2.38. The minimum atomic E-state index is 0. The molecule has 1 N–H and O–H groups in total. The van der Waals surface area contributed by atoms with Gasteiger partial charge in [-0.05, 0) is 28.8 Å². The predicted molar refractivity (Wildman–Crippen MR) is 87.5 cm³/mol. The lowest BCUT2D eigenvalue weighted by atomic mass is 10.3. The number of hydrogen-bond acceptors (Lipinski definition) is 2. The quantitative estimate of drug-likeness (QED) is 0.492. The fraction of sp³-hybridized carbons (Fsp3) is 0.583. The highest BCUT2D eigenvalue weighted by molar-refractivity contribution is 14.0. The van der Waals surface area contributed by atoms with Crippen LogP contribution in [0.2, 0.25) is 0 Å². The van der Waals surface area contributed by atoms with Gasteiger partial charge in [-0.15, -0.1) is 24.0 Å². The second-order valence-corrected chi connectivity index (χ2v) is 4.59. The zero-order chi connectivity index (χ0) is 11.8. The van der Waals surface area contributed by atoms with E-state index >= 15 is 0 Å². The minimum absolute atomic E-state index is 0. The van der Waals surface area contributed by atoms with Gasteiger partial charge < -0.3 is 10.2 Å². The molecule has 0 aliphatic heterocycles. The van der Waals surface area contributed by atoms with E-state index in [-0.39, 0.29) is 24.0 Å². The fourth-order valence-corrected chi connectivity index (χ4v) is 2.13. The standard InChI is InChI=1S/C12H21N3S.HI/c1-4-5-7-15(3)12(13-2)14-9-11-6-8-16-10-11;/h6,8,10H,4-5,7,9H2,1-3H3,(H,13,14);1H. The third-order valence-electron chi connectivity index (χ3n) is 2.45. The van der Waals surface area contributed by atoms with Gasteiger partial charge >= 0.3 is 0 Å². The van der Waals surface area contributed by atoms with Crippen molar-refractivity contribution in [3.63, 3.8) is 0 Å². The van der Waals surface area contributed by atoms with Crippen molar-refractivity contribution in [2.45, 2.75) is 26.3 Å². The van der Waals surface area contributed by atoms with Gasteiger partial charge in [0.05, 0.1) is 0 Å². The first kappa shape index (κ1) is 16.7. The highest BCUT2D eigenvalue weighted by Crippen LogP contribution is 2.05. The van der Waals surface area contributed by atoms with Crippen LogP contribution in [0.25, 0.3) is 0 Å². The highest BCUT2D eigenvalue weighted by atomic mass is 127. The lowest BCUT2D eigenvalue weighted by Gasteiger charge is -2.21. The van der Waals surface area contributed by atoms with Crippen LogP contribution in [0.1, 0.15) is 25.3 Å². The van der Waals surface area contributed by atoms with Crippen LogP contribution in [0, 0.1) is 0 Å². The summed E-state index contributed by atoms with van der Waals surface area (Å²) in [5.74, 6) is 0.972. The second kappa shape index (κ2) is 9.70. The van der Waals surface area contributed by atoms with Gasteiger partial charge in [0, 0.05) is 27.2 Å². The van der Waals surface area contributed by atoms with Gasteiger partial charge in [-0.1, -0.05) is 13.3 Å². The smallest absolute Gasteiger partial charge is 0.193 e. The van der Waals surface area contributed by atoms with Crippen molar-refractivity contribution in [3.8, 4) is 0 Å². The normalized spacial score (nSPS) is 10.9. The molecule has 0 aliphatic carbocycles. The van der Waals surface area contributed by atoms with Crippen LogP contribution in [0.5, 0.6) is 0 Å². The molecule has 0 aromatic carbocycles. The molecule has 0 atom stereocenters. The van der Waals surface area contributed by atoms with E-state index in [1.165, 1.54) is 18.4 Å². The number of unbranched alkanes of at least 4 members (excludes halogenated alkanes) is 1. The molecule has 0 amide bonds. The maximum atomic E-state index is 4.28. The molecular formula is C12H22IN3S. The molecule has 0 bridgehead atoms. The molecule has 1 heterocycles. The summed E-state index contributed by atoms with van der Waals surface area (Å²) >= 11 is 1.73. The zero-order valence-electron chi connectivity index (χ0n) is 10.8. The van der Waals surface area contributed by atoms with Crippen molar-refractivity contribution >= 4 is 41.3 Å². The first-order valence-corrected chi connectivity index (χ1v) is 6.65. The topological polar surface area (TPSA) is 27.6 Å². The molecule has 0 saturated carbocycles. The van der Waals surface area contributed by atoms with E-state index in [4.69, 9.17) is 0 Å². The number of guanidine groups is 1. The predicted octanol–water partition coefficient (Wildman–Crippen LogP) is 3.17. The molecule has 0 aliphatic rings. The van der Waals surface area contributed by atoms with Crippen LogP contribution in [0.15, 0.2) is 21.8 Å². The number of aliphatic imine (C=N–C) groups is 1. The van der Waals surface area contributed by atoms with Gasteiger partial charge in [-0.3, -0.25) is 4.99 Å². The van der Waals surface area contributed by atoms with Crippen LogP contribution < -0.4 is 5.32 Å². The van der Waals surface area contributed by atoms with Gasteiger partial charge in [0.25, 0.3) is 0 Å². The Morgan fingerprint density at radius 3 is 2.82 bits per heavy atom. The summed E-state index contributed by atoms with van der Waals surface area (Å²) in [5, 5.41) is 7.62. The average molecular weight is 367 g/mol. The average Bonchev–Trinajstić information content (AvgIpc) is 2.80. The summed E-state index contributed by atoms with van der Waals surface area (Å²) in [4.78, 5) is 6.45. The summed E-state index contributed by atoms with van der Waals surface area (Å²) in [6.45, 7) is 4.11. The Hall–Kier alpha value is -0.300. The summed E-state index contributed by atoms with van der Waals surface area (Å²) in [7, 11) is 3.91. The fourth-order valence-electron chi connectivity index (χ4n) is 1.46. The van der Waals surface area contributed by atoms with Crippen LogP contribution in [0.4, 0.5) is 0 Å². The van der Waals surface area contributed by atoms with Crippen molar-refractivity contribution in [1.29, 1.82) is 0 Å². The molecule has 0 fully saturated rings. The van der Waals surface area contributed by atoms with E-state index in [0.29, 0.717) is 0 Å². The van der Waals surface area contributed by atoms with Crippen molar-refractivity contribution in [3.05, 3.63) is 22.4 Å². The van der Waals surface area contributed by atoms with Gasteiger partial charge in [0.1, 0.15) is 0 Å². The maximum Gasteiger partial charge on any atom is 0.193 e. The number of thiophene rings is 1. The molecule has 98 valence electrons. The molecule has 1 aromatic rings. The van der Waals surface area contributed by atoms with Gasteiger partial charge in [-0.25, -0.2) is 0 Å². The van der Waals surface area contributed by atoms with Crippen molar-refractivity contribution in [2.24, 2.45) is 4.99 Å². The number of rotatable bonds is 5. The van der Waals surface area contributed by atoms with E-state index < -0.39 is 0 Å². The Morgan fingerprint density at radius 2 is 2.29 bits per heavy atom. The molecule has 1 rings (SSSR count). The van der Waals surface area contributed by atoms with Gasteiger partial charge in [0.15, 0.2) is 5.96 Å². The molecule has 5 heteroatoms.